The van der Waals surface area contributed by atoms with Crippen molar-refractivity contribution in [2.45, 2.75) is 25.3 Å². The summed E-state index contributed by atoms with van der Waals surface area (Å²) in [6.45, 7) is 2.83. The van der Waals surface area contributed by atoms with Crippen molar-refractivity contribution >= 4 is 11.6 Å². The van der Waals surface area contributed by atoms with E-state index in [9.17, 15) is 4.79 Å². The predicted octanol–water partition coefficient (Wildman–Crippen LogP) is 2.86. The smallest absolute Gasteiger partial charge is 0.228 e. The van der Waals surface area contributed by atoms with Crippen molar-refractivity contribution < 1.29 is 4.79 Å². The zero-order valence-corrected chi connectivity index (χ0v) is 12.0. The second-order valence-electron chi connectivity index (χ2n) is 5.37. The van der Waals surface area contributed by atoms with Gasteiger partial charge in [-0.25, -0.2) is 0 Å². The molecule has 1 amide bonds. The van der Waals surface area contributed by atoms with Gasteiger partial charge >= 0.3 is 0 Å². The Balaban J connectivity index is 1.75. The Bertz CT molecular complexity index is 627. The summed E-state index contributed by atoms with van der Waals surface area (Å²) in [5.74, 6) is 0.0139. The number of para-hydroxylation sites is 1. The number of fused-ring (bicyclic) bond motifs is 1. The Kier molecular flexibility index (Phi) is 3.86. The number of nitrogens with one attached hydrogen (secondary N) is 2. The highest BCUT2D eigenvalue weighted by molar-refractivity contribution is 5.86. The number of rotatable bonds is 3. The van der Waals surface area contributed by atoms with Crippen molar-refractivity contribution in [1.82, 2.24) is 10.3 Å². The van der Waals surface area contributed by atoms with Crippen LogP contribution in [0.3, 0.4) is 0 Å². The molecule has 0 radical (unpaired) electrons. The minimum absolute atomic E-state index is 0.0115. The van der Waals surface area contributed by atoms with E-state index < -0.39 is 0 Å². The van der Waals surface area contributed by atoms with E-state index in [1.165, 1.54) is 0 Å². The molecule has 2 atom stereocenters. The molecule has 0 fully saturated rings. The summed E-state index contributed by atoms with van der Waals surface area (Å²) in [5.41, 5.74) is 3.23. The molecule has 4 nitrogen and oxygen atoms in total. The van der Waals surface area contributed by atoms with Crippen LogP contribution < -0.4 is 10.6 Å². The molecular weight excluding hydrogens is 262 g/mol. The number of anilines is 1. The fourth-order valence-electron chi connectivity index (χ4n) is 2.79. The minimum Gasteiger partial charge on any atom is -0.385 e. The lowest BCUT2D eigenvalue weighted by Crippen LogP contribution is -2.34. The van der Waals surface area contributed by atoms with E-state index >= 15 is 0 Å². The van der Waals surface area contributed by atoms with Crippen LogP contribution in [-0.4, -0.2) is 17.4 Å². The largest absolute Gasteiger partial charge is 0.385 e. The average Bonchev–Trinajstić information content (AvgIpc) is 2.55. The third-order valence-electron chi connectivity index (χ3n) is 3.97. The number of hydrogen-bond acceptors (Lipinski definition) is 3. The molecule has 0 bridgehead atoms. The van der Waals surface area contributed by atoms with Gasteiger partial charge in [0.15, 0.2) is 0 Å². The highest BCUT2D eigenvalue weighted by atomic mass is 16.1. The van der Waals surface area contributed by atoms with Gasteiger partial charge in [-0.15, -0.1) is 0 Å². The molecule has 0 saturated heterocycles. The Morgan fingerprint density at radius 1 is 1.29 bits per heavy atom. The number of hydrogen-bond donors (Lipinski definition) is 2. The summed E-state index contributed by atoms with van der Waals surface area (Å²) in [7, 11) is 0. The zero-order valence-electron chi connectivity index (χ0n) is 12.0. The summed E-state index contributed by atoms with van der Waals surface area (Å²) < 4.78 is 0. The number of aromatic nitrogens is 1. The molecule has 108 valence electrons. The topological polar surface area (TPSA) is 54.0 Å². The zero-order chi connectivity index (χ0) is 14.7. The van der Waals surface area contributed by atoms with Crippen molar-refractivity contribution in [3.63, 3.8) is 0 Å². The number of nitrogens with zero attached hydrogens (tertiary/aromatic N) is 1. The lowest BCUT2D eigenvalue weighted by Gasteiger charge is -2.27. The van der Waals surface area contributed by atoms with Crippen LogP contribution in [0, 0.1) is 0 Å². The predicted molar refractivity (Wildman–Crippen MR) is 83.1 cm³/mol. The molecule has 0 spiro atoms. The van der Waals surface area contributed by atoms with Gasteiger partial charge in [-0.2, -0.15) is 0 Å². The Labute approximate surface area is 124 Å². The standard InChI is InChI=1S/C17H19N3O/c1-12(13-6-9-18-10-7-13)20-17(21)15-8-11-19-16-5-3-2-4-14(15)16/h2-7,9-10,12,15,19H,8,11H2,1H3,(H,20,21)/t12-,15?/m1/s1. The quantitative estimate of drug-likeness (QED) is 0.909. The highest BCUT2D eigenvalue weighted by Gasteiger charge is 2.26. The Morgan fingerprint density at radius 2 is 2.05 bits per heavy atom. The molecule has 4 heteroatoms. The first-order valence-corrected chi connectivity index (χ1v) is 7.29. The van der Waals surface area contributed by atoms with Crippen LogP contribution in [-0.2, 0) is 4.79 Å². The molecule has 1 aromatic carbocycles. The van der Waals surface area contributed by atoms with Crippen molar-refractivity contribution in [2.75, 3.05) is 11.9 Å². The fraction of sp³-hybridized carbons (Fsp3) is 0.294. The maximum Gasteiger partial charge on any atom is 0.228 e. The number of carbonyl (C=O) groups is 1. The van der Waals surface area contributed by atoms with Crippen molar-refractivity contribution in [1.29, 1.82) is 0 Å². The van der Waals surface area contributed by atoms with Gasteiger partial charge in [0.25, 0.3) is 0 Å². The summed E-state index contributed by atoms with van der Waals surface area (Å²) in [5, 5.41) is 6.46. The van der Waals surface area contributed by atoms with Gasteiger partial charge in [0.05, 0.1) is 12.0 Å². The van der Waals surface area contributed by atoms with Crippen LogP contribution in [0.5, 0.6) is 0 Å². The molecule has 1 aliphatic heterocycles. The minimum atomic E-state index is -0.0771. The normalized spacial score (nSPS) is 18.2. The first kappa shape index (κ1) is 13.6. The lowest BCUT2D eigenvalue weighted by molar-refractivity contribution is -0.123. The van der Waals surface area contributed by atoms with Gasteiger partial charge in [0.1, 0.15) is 0 Å². The molecule has 2 aromatic rings. The summed E-state index contributed by atoms with van der Waals surface area (Å²) in [6.07, 6.45) is 4.32. The second kappa shape index (κ2) is 5.95. The number of amides is 1. The maximum atomic E-state index is 12.6. The Hall–Kier alpha value is -2.36. The van der Waals surface area contributed by atoms with E-state index in [4.69, 9.17) is 0 Å². The van der Waals surface area contributed by atoms with E-state index in [0.717, 1.165) is 29.8 Å². The molecule has 1 aliphatic rings. The third-order valence-corrected chi connectivity index (χ3v) is 3.97. The fourth-order valence-corrected chi connectivity index (χ4v) is 2.79. The number of carbonyl (C=O) groups excluding carboxylic acids is 1. The van der Waals surface area contributed by atoms with Gasteiger partial charge in [0, 0.05) is 24.6 Å². The number of pyridine rings is 1. The van der Waals surface area contributed by atoms with E-state index in [0.29, 0.717) is 0 Å². The van der Waals surface area contributed by atoms with Crippen LogP contribution in [0.4, 0.5) is 5.69 Å². The number of benzene rings is 1. The maximum absolute atomic E-state index is 12.6. The third kappa shape index (κ3) is 2.89. The Morgan fingerprint density at radius 3 is 2.86 bits per heavy atom. The van der Waals surface area contributed by atoms with Crippen LogP contribution in [0.2, 0.25) is 0 Å². The molecule has 1 aromatic heterocycles. The second-order valence-corrected chi connectivity index (χ2v) is 5.37. The summed E-state index contributed by atoms with van der Waals surface area (Å²) in [4.78, 5) is 16.6. The molecular formula is C17H19N3O. The van der Waals surface area contributed by atoms with E-state index in [2.05, 4.69) is 15.6 Å². The molecule has 0 saturated carbocycles. The van der Waals surface area contributed by atoms with Gasteiger partial charge < -0.3 is 10.6 Å². The summed E-state index contributed by atoms with van der Waals surface area (Å²) in [6, 6.07) is 11.9. The van der Waals surface area contributed by atoms with Gasteiger partial charge in [0.2, 0.25) is 5.91 Å². The molecule has 0 aliphatic carbocycles. The molecule has 2 heterocycles. The van der Waals surface area contributed by atoms with E-state index in [1.807, 2.05) is 43.3 Å². The van der Waals surface area contributed by atoms with Crippen molar-refractivity contribution in [3.8, 4) is 0 Å². The van der Waals surface area contributed by atoms with E-state index in [-0.39, 0.29) is 17.9 Å². The van der Waals surface area contributed by atoms with Crippen LogP contribution >= 0.6 is 0 Å². The van der Waals surface area contributed by atoms with Crippen LogP contribution in [0.25, 0.3) is 0 Å². The monoisotopic (exact) mass is 281 g/mol. The first-order valence-electron chi connectivity index (χ1n) is 7.29. The van der Waals surface area contributed by atoms with Crippen molar-refractivity contribution in [3.05, 3.63) is 59.9 Å². The molecule has 2 N–H and O–H groups in total. The SMILES string of the molecule is C[C@@H](NC(=O)C1CCNc2ccccc21)c1ccncc1. The molecule has 3 rings (SSSR count). The molecule has 21 heavy (non-hydrogen) atoms. The van der Waals surface area contributed by atoms with Gasteiger partial charge in [-0.05, 0) is 42.7 Å². The van der Waals surface area contributed by atoms with Crippen LogP contribution in [0.15, 0.2) is 48.8 Å². The van der Waals surface area contributed by atoms with Gasteiger partial charge in [-0.1, -0.05) is 18.2 Å². The van der Waals surface area contributed by atoms with Gasteiger partial charge in [-0.3, -0.25) is 9.78 Å². The molecule has 1 unspecified atom stereocenters. The van der Waals surface area contributed by atoms with E-state index in [1.54, 1.807) is 12.4 Å². The van der Waals surface area contributed by atoms with Crippen molar-refractivity contribution in [2.24, 2.45) is 0 Å². The average molecular weight is 281 g/mol. The van der Waals surface area contributed by atoms with Crippen LogP contribution in [0.1, 0.15) is 36.4 Å². The highest BCUT2D eigenvalue weighted by Crippen LogP contribution is 2.31. The first-order chi connectivity index (χ1) is 10.3. The lowest BCUT2D eigenvalue weighted by atomic mass is 9.90. The summed E-state index contributed by atoms with van der Waals surface area (Å²) >= 11 is 0.